The predicted octanol–water partition coefficient (Wildman–Crippen LogP) is 8.31. The Labute approximate surface area is 207 Å². The van der Waals surface area contributed by atoms with E-state index < -0.39 is 17.8 Å². The zero-order valence-corrected chi connectivity index (χ0v) is 19.2. The molecule has 0 heterocycles. The van der Waals surface area contributed by atoms with Crippen LogP contribution < -0.4 is 0 Å². The largest absolute Gasteiger partial charge is 0.416 e. The first kappa shape index (κ1) is 23.3. The number of hydrogen-bond donors (Lipinski definition) is 0. The third kappa shape index (κ3) is 4.71. The van der Waals surface area contributed by atoms with Crippen LogP contribution >= 0.6 is 0 Å². The van der Waals surface area contributed by atoms with E-state index in [1.807, 2.05) is 54.6 Å². The highest BCUT2D eigenvalue weighted by Gasteiger charge is 2.30. The summed E-state index contributed by atoms with van der Waals surface area (Å²) >= 11 is 0. The fourth-order valence-corrected chi connectivity index (χ4v) is 4.56. The number of nitrogens with zero attached hydrogens (tertiary/aromatic N) is 2. The van der Waals surface area contributed by atoms with E-state index in [9.17, 15) is 18.4 Å². The van der Waals surface area contributed by atoms with Crippen LogP contribution in [0.4, 0.5) is 13.2 Å². The Morgan fingerprint density at radius 1 is 0.750 bits per heavy atom. The zero-order chi connectivity index (χ0) is 25.1. The SMILES string of the molecule is N#CC(=N[C@H](Cc1ccccc1)c1cc2ccccc2c2ccccc12)c1ccc(C(F)(F)F)cc1. The average molecular weight is 479 g/mol. The molecule has 0 saturated heterocycles. The molecule has 0 aliphatic carbocycles. The quantitative estimate of drug-likeness (QED) is 0.185. The van der Waals surface area contributed by atoms with E-state index in [0.717, 1.165) is 44.8 Å². The minimum absolute atomic E-state index is 0.0990. The summed E-state index contributed by atoms with van der Waals surface area (Å²) < 4.78 is 39.2. The highest BCUT2D eigenvalue weighted by molar-refractivity contribution is 6.12. The van der Waals surface area contributed by atoms with Gasteiger partial charge < -0.3 is 0 Å². The van der Waals surface area contributed by atoms with Crippen molar-refractivity contribution < 1.29 is 13.2 Å². The molecule has 0 aliphatic heterocycles. The van der Waals surface area contributed by atoms with E-state index in [-0.39, 0.29) is 5.71 Å². The van der Waals surface area contributed by atoms with Crippen LogP contribution in [0.15, 0.2) is 114 Å². The van der Waals surface area contributed by atoms with Gasteiger partial charge in [0.05, 0.1) is 11.6 Å². The van der Waals surface area contributed by atoms with Gasteiger partial charge in [0.15, 0.2) is 0 Å². The summed E-state index contributed by atoms with van der Waals surface area (Å²) in [5.41, 5.74) is 1.71. The summed E-state index contributed by atoms with van der Waals surface area (Å²) in [6.07, 6.45) is -3.91. The molecule has 0 N–H and O–H groups in total. The van der Waals surface area contributed by atoms with Gasteiger partial charge in [0.25, 0.3) is 0 Å². The highest BCUT2D eigenvalue weighted by Crippen LogP contribution is 2.35. The van der Waals surface area contributed by atoms with Gasteiger partial charge in [-0.05, 0) is 57.3 Å². The lowest BCUT2D eigenvalue weighted by atomic mass is 9.90. The summed E-state index contributed by atoms with van der Waals surface area (Å²) in [5, 5.41) is 14.3. The molecule has 5 aromatic rings. The first-order valence-corrected chi connectivity index (χ1v) is 11.5. The second kappa shape index (κ2) is 9.67. The van der Waals surface area contributed by atoms with Crippen molar-refractivity contribution >= 4 is 27.3 Å². The number of hydrogen-bond acceptors (Lipinski definition) is 2. The van der Waals surface area contributed by atoms with E-state index in [1.165, 1.54) is 12.1 Å². The van der Waals surface area contributed by atoms with Crippen LogP contribution in [0.25, 0.3) is 21.5 Å². The molecular weight excluding hydrogens is 457 g/mol. The van der Waals surface area contributed by atoms with E-state index >= 15 is 0 Å². The number of nitriles is 1. The molecule has 0 bridgehead atoms. The lowest BCUT2D eigenvalue weighted by Crippen LogP contribution is -2.08. The zero-order valence-electron chi connectivity index (χ0n) is 19.2. The van der Waals surface area contributed by atoms with Crippen LogP contribution in [0.1, 0.15) is 28.3 Å². The van der Waals surface area contributed by atoms with Gasteiger partial charge in [0, 0.05) is 5.56 Å². The Bertz CT molecular complexity index is 1600. The Morgan fingerprint density at radius 3 is 2.03 bits per heavy atom. The number of benzene rings is 5. The molecule has 5 heteroatoms. The Hall–Kier alpha value is -4.43. The third-order valence-electron chi connectivity index (χ3n) is 6.31. The van der Waals surface area contributed by atoms with Gasteiger partial charge >= 0.3 is 6.18 Å². The van der Waals surface area contributed by atoms with Crippen molar-refractivity contribution in [1.29, 1.82) is 5.26 Å². The first-order valence-electron chi connectivity index (χ1n) is 11.5. The minimum atomic E-state index is -4.44. The van der Waals surface area contributed by atoms with E-state index in [1.54, 1.807) is 0 Å². The van der Waals surface area contributed by atoms with Gasteiger partial charge in [0.2, 0.25) is 0 Å². The highest BCUT2D eigenvalue weighted by atomic mass is 19.4. The van der Waals surface area contributed by atoms with Gasteiger partial charge in [-0.1, -0.05) is 91.0 Å². The maximum absolute atomic E-state index is 13.1. The fraction of sp³-hybridized carbons (Fsp3) is 0.0968. The van der Waals surface area contributed by atoms with Crippen LogP contribution in [0.5, 0.6) is 0 Å². The summed E-state index contributed by atoms with van der Waals surface area (Å²) in [6, 6.07) is 34.5. The maximum Gasteiger partial charge on any atom is 0.416 e. The molecule has 0 aromatic heterocycles. The van der Waals surface area contributed by atoms with Crippen molar-refractivity contribution in [3.8, 4) is 6.07 Å². The van der Waals surface area contributed by atoms with Gasteiger partial charge in [-0.2, -0.15) is 18.4 Å². The molecule has 0 unspecified atom stereocenters. The number of rotatable bonds is 5. The Kier molecular flexibility index (Phi) is 6.26. The topological polar surface area (TPSA) is 36.1 Å². The molecule has 0 fully saturated rings. The second-order valence-corrected chi connectivity index (χ2v) is 8.60. The molecule has 2 nitrogen and oxygen atoms in total. The molecule has 1 atom stereocenters. The molecule has 0 radical (unpaired) electrons. The van der Waals surface area contributed by atoms with Gasteiger partial charge in [-0.25, -0.2) is 0 Å². The van der Waals surface area contributed by atoms with Crippen molar-refractivity contribution in [2.75, 3.05) is 0 Å². The molecule has 36 heavy (non-hydrogen) atoms. The molecule has 0 amide bonds. The molecule has 176 valence electrons. The second-order valence-electron chi connectivity index (χ2n) is 8.60. The van der Waals surface area contributed by atoms with Gasteiger partial charge in [0.1, 0.15) is 11.8 Å². The summed E-state index contributed by atoms with van der Waals surface area (Å²) in [5.74, 6) is 0. The standard InChI is InChI=1S/C31H21F3N2/c32-31(33,34)24-16-14-22(15-17-24)30(20-35)36-29(18-21-8-2-1-3-9-21)28-19-23-10-4-5-11-25(23)26-12-6-7-13-27(26)28/h1-17,19,29H,18H2/t29-/m1/s1. The van der Waals surface area contributed by atoms with Crippen LogP contribution in [-0.2, 0) is 12.6 Å². The minimum Gasteiger partial charge on any atom is -0.265 e. The Morgan fingerprint density at radius 2 is 1.36 bits per heavy atom. The summed E-state index contributed by atoms with van der Waals surface area (Å²) in [4.78, 5) is 4.85. The fourth-order valence-electron chi connectivity index (χ4n) is 4.56. The molecule has 0 aliphatic rings. The van der Waals surface area contributed by atoms with Crippen molar-refractivity contribution in [2.24, 2.45) is 4.99 Å². The number of aliphatic imine (C=N–C) groups is 1. The first-order chi connectivity index (χ1) is 17.4. The van der Waals surface area contributed by atoms with Crippen LogP contribution in [0, 0.1) is 11.3 Å². The smallest absolute Gasteiger partial charge is 0.265 e. The average Bonchev–Trinajstić information content (AvgIpc) is 2.91. The van der Waals surface area contributed by atoms with Crippen LogP contribution in [0.3, 0.4) is 0 Å². The molecule has 5 rings (SSSR count). The third-order valence-corrected chi connectivity index (χ3v) is 6.31. The molecule has 0 saturated carbocycles. The normalized spacial score (nSPS) is 13.0. The lowest BCUT2D eigenvalue weighted by Gasteiger charge is -2.18. The molecule has 5 aromatic carbocycles. The monoisotopic (exact) mass is 478 g/mol. The number of halogens is 3. The molecule has 0 spiro atoms. The Balaban J connectivity index is 1.68. The van der Waals surface area contributed by atoms with Crippen molar-refractivity contribution in [1.82, 2.24) is 0 Å². The summed E-state index contributed by atoms with van der Waals surface area (Å²) in [6.45, 7) is 0. The van der Waals surface area contributed by atoms with E-state index in [0.29, 0.717) is 12.0 Å². The maximum atomic E-state index is 13.1. The van der Waals surface area contributed by atoms with Crippen molar-refractivity contribution in [3.05, 3.63) is 131 Å². The number of alkyl halides is 3. The van der Waals surface area contributed by atoms with Crippen molar-refractivity contribution in [2.45, 2.75) is 18.6 Å². The van der Waals surface area contributed by atoms with Crippen LogP contribution in [0.2, 0.25) is 0 Å². The predicted molar refractivity (Wildman–Crippen MR) is 138 cm³/mol. The molecular formula is C31H21F3N2. The van der Waals surface area contributed by atoms with E-state index in [4.69, 9.17) is 4.99 Å². The number of fused-ring (bicyclic) bond motifs is 3. The van der Waals surface area contributed by atoms with Gasteiger partial charge in [-0.15, -0.1) is 0 Å². The lowest BCUT2D eigenvalue weighted by molar-refractivity contribution is -0.137. The van der Waals surface area contributed by atoms with Crippen LogP contribution in [-0.4, -0.2) is 5.71 Å². The summed E-state index contributed by atoms with van der Waals surface area (Å²) in [7, 11) is 0. The van der Waals surface area contributed by atoms with Crippen molar-refractivity contribution in [3.63, 3.8) is 0 Å². The van der Waals surface area contributed by atoms with E-state index in [2.05, 4.69) is 36.4 Å². The van der Waals surface area contributed by atoms with Gasteiger partial charge in [-0.3, -0.25) is 4.99 Å².